The molecule has 0 bridgehead atoms. The fourth-order valence-corrected chi connectivity index (χ4v) is 1.69. The van der Waals surface area contributed by atoms with E-state index >= 15 is 0 Å². The number of allylic oxidation sites excluding steroid dienone is 2. The van der Waals surface area contributed by atoms with E-state index in [1.807, 2.05) is 36.4 Å². The second-order valence-corrected chi connectivity index (χ2v) is 4.28. The molecule has 0 fully saturated rings. The molecule has 0 aliphatic rings. The lowest BCUT2D eigenvalue weighted by molar-refractivity contribution is 0.469. The number of rotatable bonds is 4. The number of phenols is 2. The number of phenolic OH excluding ortho intramolecular Hbond substituents is 2. The van der Waals surface area contributed by atoms with Crippen molar-refractivity contribution in [2.75, 3.05) is 0 Å². The second kappa shape index (κ2) is 8.59. The lowest BCUT2D eigenvalue weighted by Gasteiger charge is -1.97. The Hall–Kier alpha value is -2.48. The summed E-state index contributed by atoms with van der Waals surface area (Å²) in [5.74, 6) is 0.668. The number of hydrogen-bond acceptors (Lipinski definition) is 2. The minimum Gasteiger partial charge on any atom is -0.508 e. The SMILES string of the molecule is C=CCc1cccc(O)c1.C=CCc1ccccc1O. The van der Waals surface area contributed by atoms with Crippen molar-refractivity contribution in [2.24, 2.45) is 0 Å². The second-order valence-electron chi connectivity index (χ2n) is 4.28. The van der Waals surface area contributed by atoms with Crippen LogP contribution in [0.2, 0.25) is 0 Å². The fourth-order valence-electron chi connectivity index (χ4n) is 1.69. The van der Waals surface area contributed by atoms with Crippen LogP contribution in [0.25, 0.3) is 0 Å². The maximum absolute atomic E-state index is 9.19. The Morgan fingerprint density at radius 2 is 1.55 bits per heavy atom. The van der Waals surface area contributed by atoms with Crippen LogP contribution in [-0.4, -0.2) is 10.2 Å². The number of benzene rings is 2. The van der Waals surface area contributed by atoms with E-state index in [0.29, 0.717) is 11.5 Å². The Morgan fingerprint density at radius 1 is 0.850 bits per heavy atom. The summed E-state index contributed by atoms with van der Waals surface area (Å²) < 4.78 is 0. The van der Waals surface area contributed by atoms with Crippen molar-refractivity contribution in [1.82, 2.24) is 0 Å². The van der Waals surface area contributed by atoms with Gasteiger partial charge in [0.15, 0.2) is 0 Å². The van der Waals surface area contributed by atoms with Crippen molar-refractivity contribution in [3.8, 4) is 11.5 Å². The van der Waals surface area contributed by atoms with Crippen LogP contribution in [0.5, 0.6) is 11.5 Å². The first-order chi connectivity index (χ1) is 9.67. The third kappa shape index (κ3) is 5.44. The van der Waals surface area contributed by atoms with Crippen LogP contribution in [0.1, 0.15) is 11.1 Å². The Kier molecular flexibility index (Phi) is 6.69. The van der Waals surface area contributed by atoms with Gasteiger partial charge >= 0.3 is 0 Å². The van der Waals surface area contributed by atoms with Gasteiger partial charge in [0.25, 0.3) is 0 Å². The van der Waals surface area contributed by atoms with Crippen LogP contribution in [0, 0.1) is 0 Å². The molecule has 0 aromatic heterocycles. The van der Waals surface area contributed by atoms with Gasteiger partial charge < -0.3 is 10.2 Å². The van der Waals surface area contributed by atoms with Crippen molar-refractivity contribution in [3.05, 3.63) is 85.0 Å². The molecule has 2 aromatic carbocycles. The van der Waals surface area contributed by atoms with Gasteiger partial charge in [0.2, 0.25) is 0 Å². The number of aromatic hydroxyl groups is 2. The van der Waals surface area contributed by atoms with E-state index in [-0.39, 0.29) is 0 Å². The summed E-state index contributed by atoms with van der Waals surface area (Å²) in [5, 5.41) is 18.2. The molecule has 0 heterocycles. The molecule has 2 aromatic rings. The molecule has 20 heavy (non-hydrogen) atoms. The summed E-state index contributed by atoms with van der Waals surface area (Å²) in [6.07, 6.45) is 5.13. The van der Waals surface area contributed by atoms with Gasteiger partial charge in [-0.3, -0.25) is 0 Å². The predicted molar refractivity (Wildman–Crippen MR) is 84.0 cm³/mol. The molecule has 2 rings (SSSR count). The minimum atomic E-state index is 0.319. The summed E-state index contributed by atoms with van der Waals surface area (Å²) >= 11 is 0. The standard InChI is InChI=1S/2C9H10O/c1-2-5-8-6-3-4-7-9(8)10;1-2-4-8-5-3-6-9(10)7-8/h2-4,6-7,10H,1,5H2;2-3,5-7,10H,1,4H2. The predicted octanol–water partition coefficient (Wildman–Crippen LogP) is 4.24. The molecule has 2 N–H and O–H groups in total. The number of para-hydroxylation sites is 1. The summed E-state index contributed by atoms with van der Waals surface area (Å²) in [5.41, 5.74) is 2.02. The van der Waals surface area contributed by atoms with Crippen LogP contribution in [-0.2, 0) is 12.8 Å². The van der Waals surface area contributed by atoms with Gasteiger partial charge in [0, 0.05) is 0 Å². The molecule has 0 aliphatic carbocycles. The Morgan fingerprint density at radius 3 is 2.15 bits per heavy atom. The van der Waals surface area contributed by atoms with Crippen LogP contribution >= 0.6 is 0 Å². The Labute approximate surface area is 120 Å². The van der Waals surface area contributed by atoms with Gasteiger partial charge in [0.1, 0.15) is 11.5 Å². The maximum atomic E-state index is 9.19. The molecule has 0 aliphatic heterocycles. The summed E-state index contributed by atoms with van der Waals surface area (Å²) in [7, 11) is 0. The van der Waals surface area contributed by atoms with Gasteiger partial charge in [-0.05, 0) is 42.2 Å². The minimum absolute atomic E-state index is 0.319. The Bertz CT molecular complexity index is 559. The smallest absolute Gasteiger partial charge is 0.119 e. The van der Waals surface area contributed by atoms with Crippen molar-refractivity contribution < 1.29 is 10.2 Å². The van der Waals surface area contributed by atoms with Crippen LogP contribution in [0.4, 0.5) is 0 Å². The van der Waals surface area contributed by atoms with E-state index in [0.717, 1.165) is 24.0 Å². The van der Waals surface area contributed by atoms with E-state index in [2.05, 4.69) is 13.2 Å². The molecular formula is C18H20O2. The highest BCUT2D eigenvalue weighted by molar-refractivity contribution is 5.33. The van der Waals surface area contributed by atoms with Crippen molar-refractivity contribution in [1.29, 1.82) is 0 Å². The van der Waals surface area contributed by atoms with E-state index in [9.17, 15) is 5.11 Å². The maximum Gasteiger partial charge on any atom is 0.119 e. The van der Waals surface area contributed by atoms with Gasteiger partial charge in [0.05, 0.1) is 0 Å². The monoisotopic (exact) mass is 268 g/mol. The highest BCUT2D eigenvalue weighted by Gasteiger charge is 1.93. The fraction of sp³-hybridized carbons (Fsp3) is 0.111. The molecule has 0 unspecified atom stereocenters. The van der Waals surface area contributed by atoms with Crippen molar-refractivity contribution in [3.63, 3.8) is 0 Å². The first-order valence-electron chi connectivity index (χ1n) is 6.44. The zero-order valence-corrected chi connectivity index (χ0v) is 11.5. The normalized spacial score (nSPS) is 9.20. The highest BCUT2D eigenvalue weighted by Crippen LogP contribution is 2.15. The first-order valence-corrected chi connectivity index (χ1v) is 6.44. The average Bonchev–Trinajstić information content (AvgIpc) is 2.43. The van der Waals surface area contributed by atoms with Crippen molar-refractivity contribution in [2.45, 2.75) is 12.8 Å². The summed E-state index contributed by atoms with van der Waals surface area (Å²) in [6, 6.07) is 14.5. The number of hydrogen-bond donors (Lipinski definition) is 2. The highest BCUT2D eigenvalue weighted by atomic mass is 16.3. The molecule has 2 heteroatoms. The summed E-state index contributed by atoms with van der Waals surface area (Å²) in [6.45, 7) is 7.19. The topological polar surface area (TPSA) is 40.5 Å². The van der Waals surface area contributed by atoms with Gasteiger partial charge in [-0.25, -0.2) is 0 Å². The van der Waals surface area contributed by atoms with Gasteiger partial charge in [-0.1, -0.05) is 42.5 Å². The zero-order chi connectivity index (χ0) is 14.8. The molecule has 2 nitrogen and oxygen atoms in total. The van der Waals surface area contributed by atoms with Crippen LogP contribution < -0.4 is 0 Å². The molecule has 0 radical (unpaired) electrons. The third-order valence-corrected chi connectivity index (χ3v) is 2.65. The first kappa shape index (κ1) is 15.6. The van der Waals surface area contributed by atoms with Crippen molar-refractivity contribution >= 4 is 0 Å². The Balaban J connectivity index is 0.000000200. The van der Waals surface area contributed by atoms with Gasteiger partial charge in [-0.2, -0.15) is 0 Å². The largest absolute Gasteiger partial charge is 0.508 e. The molecule has 0 saturated carbocycles. The molecule has 0 amide bonds. The van der Waals surface area contributed by atoms with E-state index in [1.165, 1.54) is 0 Å². The molecule has 104 valence electrons. The quantitative estimate of drug-likeness (QED) is 0.814. The molecule has 0 atom stereocenters. The van der Waals surface area contributed by atoms with E-state index < -0.39 is 0 Å². The summed E-state index contributed by atoms with van der Waals surface area (Å²) in [4.78, 5) is 0. The molecular weight excluding hydrogens is 248 g/mol. The van der Waals surface area contributed by atoms with Gasteiger partial charge in [-0.15, -0.1) is 13.2 Å². The van der Waals surface area contributed by atoms with Crippen LogP contribution in [0.15, 0.2) is 73.8 Å². The lowest BCUT2D eigenvalue weighted by Crippen LogP contribution is -1.79. The zero-order valence-electron chi connectivity index (χ0n) is 11.5. The van der Waals surface area contributed by atoms with Crippen LogP contribution in [0.3, 0.4) is 0 Å². The van der Waals surface area contributed by atoms with E-state index in [4.69, 9.17) is 5.11 Å². The third-order valence-electron chi connectivity index (χ3n) is 2.65. The molecule has 0 spiro atoms. The molecule has 0 saturated heterocycles. The average molecular weight is 268 g/mol. The lowest BCUT2D eigenvalue weighted by atomic mass is 10.1. The van der Waals surface area contributed by atoms with E-state index in [1.54, 1.807) is 24.3 Å².